The summed E-state index contributed by atoms with van der Waals surface area (Å²) in [7, 11) is 0. The monoisotopic (exact) mass is 198 g/mol. The lowest BCUT2D eigenvalue weighted by molar-refractivity contribution is 0.0946. The molecule has 0 saturated carbocycles. The van der Waals surface area contributed by atoms with E-state index in [0.29, 0.717) is 5.69 Å². The predicted molar refractivity (Wildman–Crippen MR) is 50.4 cm³/mol. The number of amides is 1. The molecule has 0 atom stereocenters. The molecule has 0 aliphatic heterocycles. The largest absolute Gasteiger partial charge is 0.348 e. The number of aromatic nitrogens is 1. The first-order valence-electron chi connectivity index (χ1n) is 4.04. The highest BCUT2D eigenvalue weighted by Gasteiger charge is 2.06. The Hall–Kier alpha value is -1.69. The highest BCUT2D eigenvalue weighted by Crippen LogP contribution is 2.05. The Labute approximate surface area is 80.5 Å². The first-order valence-corrected chi connectivity index (χ1v) is 4.04. The lowest BCUT2D eigenvalue weighted by atomic mass is 10.3. The fourth-order valence-electron chi connectivity index (χ4n) is 0.896. The lowest BCUT2D eigenvalue weighted by Crippen LogP contribution is -2.26. The Morgan fingerprint density at radius 3 is 3.07 bits per heavy atom. The van der Waals surface area contributed by atoms with Crippen LogP contribution in [0.1, 0.15) is 10.5 Å². The van der Waals surface area contributed by atoms with Gasteiger partial charge >= 0.3 is 0 Å². The van der Waals surface area contributed by atoms with Gasteiger partial charge in [-0.3, -0.25) is 15.6 Å². The standard InChI is InChI=1S/C8H11FN4O/c9-2-4-12-8(14)7-5-6(13-10)1-3-11-7/h1,3,5H,2,4,10H2,(H,11,13)(H,12,14). The zero-order chi connectivity index (χ0) is 10.4. The van der Waals surface area contributed by atoms with E-state index in [2.05, 4.69) is 15.7 Å². The number of anilines is 1. The number of nitrogens with two attached hydrogens (primary N) is 1. The fraction of sp³-hybridized carbons (Fsp3) is 0.250. The summed E-state index contributed by atoms with van der Waals surface area (Å²) in [5.41, 5.74) is 3.16. The number of nitrogen functional groups attached to an aromatic ring is 1. The van der Waals surface area contributed by atoms with Gasteiger partial charge in [0.05, 0.1) is 5.69 Å². The summed E-state index contributed by atoms with van der Waals surface area (Å²) in [5.74, 6) is 4.73. The molecule has 0 saturated heterocycles. The van der Waals surface area contributed by atoms with Gasteiger partial charge in [-0.05, 0) is 12.1 Å². The van der Waals surface area contributed by atoms with Crippen LogP contribution in [0.5, 0.6) is 0 Å². The Morgan fingerprint density at radius 2 is 2.43 bits per heavy atom. The van der Waals surface area contributed by atoms with E-state index >= 15 is 0 Å². The topological polar surface area (TPSA) is 80.0 Å². The molecule has 6 heteroatoms. The SMILES string of the molecule is NNc1ccnc(C(=O)NCCF)c1. The Kier molecular flexibility index (Phi) is 3.81. The molecule has 1 aromatic heterocycles. The summed E-state index contributed by atoms with van der Waals surface area (Å²) in [6, 6.07) is 3.10. The van der Waals surface area contributed by atoms with Crippen molar-refractivity contribution in [1.82, 2.24) is 10.3 Å². The molecule has 1 rings (SSSR count). The average molecular weight is 198 g/mol. The summed E-state index contributed by atoms with van der Waals surface area (Å²) >= 11 is 0. The zero-order valence-corrected chi connectivity index (χ0v) is 7.46. The predicted octanol–water partition coefficient (Wildman–Crippen LogP) is 0.0665. The minimum Gasteiger partial charge on any atom is -0.348 e. The normalized spacial score (nSPS) is 9.57. The molecule has 0 spiro atoms. The number of hydrogen-bond acceptors (Lipinski definition) is 4. The Bertz CT molecular complexity index is 318. The van der Waals surface area contributed by atoms with Gasteiger partial charge in [-0.25, -0.2) is 4.39 Å². The van der Waals surface area contributed by atoms with Crippen LogP contribution >= 0.6 is 0 Å². The van der Waals surface area contributed by atoms with E-state index in [9.17, 15) is 9.18 Å². The van der Waals surface area contributed by atoms with Crippen molar-refractivity contribution in [1.29, 1.82) is 0 Å². The minimum absolute atomic E-state index is 0.0131. The highest BCUT2D eigenvalue weighted by atomic mass is 19.1. The van der Waals surface area contributed by atoms with Gasteiger partial charge in [-0.1, -0.05) is 0 Å². The summed E-state index contributed by atoms with van der Waals surface area (Å²) in [6.07, 6.45) is 1.44. The molecule has 1 aromatic rings. The van der Waals surface area contributed by atoms with Crippen LogP contribution in [0.3, 0.4) is 0 Å². The minimum atomic E-state index is -0.597. The van der Waals surface area contributed by atoms with Crippen molar-refractivity contribution in [2.75, 3.05) is 18.6 Å². The van der Waals surface area contributed by atoms with Crippen molar-refractivity contribution < 1.29 is 9.18 Å². The number of pyridine rings is 1. The lowest BCUT2D eigenvalue weighted by Gasteiger charge is -2.03. The smallest absolute Gasteiger partial charge is 0.270 e. The van der Waals surface area contributed by atoms with Crippen LogP contribution in [0.25, 0.3) is 0 Å². The van der Waals surface area contributed by atoms with E-state index in [1.807, 2.05) is 0 Å². The van der Waals surface area contributed by atoms with E-state index < -0.39 is 12.6 Å². The average Bonchev–Trinajstić information content (AvgIpc) is 2.26. The maximum absolute atomic E-state index is 11.7. The van der Waals surface area contributed by atoms with E-state index in [0.717, 1.165) is 0 Å². The Balaban J connectivity index is 2.69. The van der Waals surface area contributed by atoms with Gasteiger partial charge in [0.2, 0.25) is 0 Å². The van der Waals surface area contributed by atoms with Crippen LogP contribution in [0.4, 0.5) is 10.1 Å². The summed E-state index contributed by atoms with van der Waals surface area (Å²) in [6.45, 7) is -0.610. The van der Waals surface area contributed by atoms with Crippen LogP contribution < -0.4 is 16.6 Å². The fourth-order valence-corrected chi connectivity index (χ4v) is 0.896. The second-order valence-electron chi connectivity index (χ2n) is 2.52. The third kappa shape index (κ3) is 2.67. The molecule has 5 nitrogen and oxygen atoms in total. The van der Waals surface area contributed by atoms with Gasteiger partial charge in [0.25, 0.3) is 5.91 Å². The maximum atomic E-state index is 11.7. The third-order valence-electron chi connectivity index (χ3n) is 1.54. The van der Waals surface area contributed by atoms with Gasteiger partial charge in [0.15, 0.2) is 0 Å². The number of rotatable bonds is 4. The molecule has 0 aromatic carbocycles. The van der Waals surface area contributed by atoms with E-state index in [-0.39, 0.29) is 12.2 Å². The number of hydrazine groups is 1. The number of alkyl halides is 1. The van der Waals surface area contributed by atoms with Crippen LogP contribution in [0, 0.1) is 0 Å². The highest BCUT2D eigenvalue weighted by molar-refractivity contribution is 5.93. The number of carbonyl (C=O) groups excluding carboxylic acids is 1. The van der Waals surface area contributed by atoms with Crippen LogP contribution in [-0.4, -0.2) is 24.1 Å². The van der Waals surface area contributed by atoms with Crippen molar-refractivity contribution in [3.63, 3.8) is 0 Å². The molecule has 0 fully saturated rings. The molecule has 0 aliphatic carbocycles. The third-order valence-corrected chi connectivity index (χ3v) is 1.54. The molecule has 0 unspecified atom stereocenters. The van der Waals surface area contributed by atoms with Crippen molar-refractivity contribution >= 4 is 11.6 Å². The first kappa shape index (κ1) is 10.4. The second-order valence-corrected chi connectivity index (χ2v) is 2.52. The number of nitrogens with zero attached hydrogens (tertiary/aromatic N) is 1. The molecule has 76 valence electrons. The molecule has 1 heterocycles. The van der Waals surface area contributed by atoms with E-state index in [4.69, 9.17) is 5.84 Å². The van der Waals surface area contributed by atoms with E-state index in [1.165, 1.54) is 12.3 Å². The van der Waals surface area contributed by atoms with Crippen molar-refractivity contribution in [2.45, 2.75) is 0 Å². The van der Waals surface area contributed by atoms with Gasteiger partial charge in [-0.15, -0.1) is 0 Å². The van der Waals surface area contributed by atoms with Crippen LogP contribution in [-0.2, 0) is 0 Å². The number of carbonyl (C=O) groups is 1. The zero-order valence-electron chi connectivity index (χ0n) is 7.46. The molecule has 14 heavy (non-hydrogen) atoms. The molecule has 0 bridgehead atoms. The van der Waals surface area contributed by atoms with Gasteiger partial charge < -0.3 is 10.7 Å². The van der Waals surface area contributed by atoms with Gasteiger partial charge in [-0.2, -0.15) is 0 Å². The van der Waals surface area contributed by atoms with Crippen LogP contribution in [0.2, 0.25) is 0 Å². The number of halogens is 1. The first-order chi connectivity index (χ1) is 6.77. The van der Waals surface area contributed by atoms with Crippen LogP contribution in [0.15, 0.2) is 18.3 Å². The number of hydrogen-bond donors (Lipinski definition) is 3. The molecular formula is C8H11FN4O. The van der Waals surface area contributed by atoms with Crippen molar-refractivity contribution in [3.8, 4) is 0 Å². The van der Waals surface area contributed by atoms with E-state index in [1.54, 1.807) is 6.07 Å². The molecule has 4 N–H and O–H groups in total. The summed E-state index contributed by atoms with van der Waals surface area (Å²) in [5, 5.41) is 2.35. The molecule has 1 amide bonds. The maximum Gasteiger partial charge on any atom is 0.270 e. The Morgan fingerprint density at radius 1 is 1.64 bits per heavy atom. The quantitative estimate of drug-likeness (QED) is 0.472. The molecule has 0 aliphatic rings. The summed E-state index contributed by atoms with van der Waals surface area (Å²) in [4.78, 5) is 15.1. The second kappa shape index (κ2) is 5.13. The summed E-state index contributed by atoms with van der Waals surface area (Å²) < 4.78 is 11.7. The molecule has 0 radical (unpaired) electrons. The molecular weight excluding hydrogens is 187 g/mol. The van der Waals surface area contributed by atoms with Gasteiger partial charge in [0.1, 0.15) is 12.4 Å². The number of nitrogens with one attached hydrogen (secondary N) is 2. The van der Waals surface area contributed by atoms with Gasteiger partial charge in [0, 0.05) is 12.7 Å². The van der Waals surface area contributed by atoms with Crippen molar-refractivity contribution in [3.05, 3.63) is 24.0 Å². The van der Waals surface area contributed by atoms with Crippen molar-refractivity contribution in [2.24, 2.45) is 5.84 Å².